The molecule has 0 fully saturated rings. The molecular formula is C14H14BrFN2O2S. The van der Waals surface area contributed by atoms with Gasteiger partial charge in [-0.05, 0) is 42.9 Å². The Hall–Kier alpha value is -1.44. The van der Waals surface area contributed by atoms with Crippen LogP contribution in [0.4, 0.5) is 10.1 Å². The van der Waals surface area contributed by atoms with E-state index in [4.69, 9.17) is 0 Å². The lowest BCUT2D eigenvalue weighted by Crippen LogP contribution is -2.15. The van der Waals surface area contributed by atoms with Crippen LogP contribution in [0.25, 0.3) is 0 Å². The number of sulfonamides is 1. The van der Waals surface area contributed by atoms with Gasteiger partial charge in [0, 0.05) is 11.0 Å². The minimum atomic E-state index is -3.83. The fraction of sp³-hybridized carbons (Fsp3) is 0.143. The molecule has 2 rings (SSSR count). The van der Waals surface area contributed by atoms with Crippen molar-refractivity contribution in [2.75, 3.05) is 11.8 Å². The number of anilines is 1. The van der Waals surface area contributed by atoms with Crippen LogP contribution >= 0.6 is 15.9 Å². The third-order valence-corrected chi connectivity index (χ3v) is 4.62. The number of hydrogen-bond acceptors (Lipinski definition) is 3. The fourth-order valence-corrected chi connectivity index (χ4v) is 3.30. The fourth-order valence-electron chi connectivity index (χ4n) is 1.81. The van der Waals surface area contributed by atoms with Crippen molar-refractivity contribution in [2.45, 2.75) is 11.4 Å². The molecule has 0 unspecified atom stereocenters. The summed E-state index contributed by atoms with van der Waals surface area (Å²) in [6.07, 6.45) is 0. The molecule has 0 radical (unpaired) electrons. The summed E-state index contributed by atoms with van der Waals surface area (Å²) in [7, 11) is -2.06. The lowest BCUT2D eigenvalue weighted by Gasteiger charge is -2.10. The Labute approximate surface area is 131 Å². The molecule has 0 heterocycles. The summed E-state index contributed by atoms with van der Waals surface area (Å²) in [5.41, 5.74) is 0.735. The number of nitrogens with one attached hydrogen (secondary N) is 2. The third kappa shape index (κ3) is 4.03. The van der Waals surface area contributed by atoms with E-state index in [0.29, 0.717) is 11.0 Å². The zero-order valence-electron chi connectivity index (χ0n) is 11.2. The quantitative estimate of drug-likeness (QED) is 0.847. The van der Waals surface area contributed by atoms with E-state index in [1.54, 1.807) is 19.2 Å². The highest BCUT2D eigenvalue weighted by Crippen LogP contribution is 2.23. The molecule has 0 bridgehead atoms. The highest BCUT2D eigenvalue weighted by Gasteiger charge is 2.16. The molecule has 0 saturated heterocycles. The monoisotopic (exact) mass is 372 g/mol. The molecule has 0 aromatic heterocycles. The molecule has 0 atom stereocenters. The Kier molecular flexibility index (Phi) is 4.97. The minimum Gasteiger partial charge on any atom is -0.316 e. The summed E-state index contributed by atoms with van der Waals surface area (Å²) in [6, 6.07) is 10.6. The van der Waals surface area contributed by atoms with Crippen LogP contribution in [0.3, 0.4) is 0 Å². The van der Waals surface area contributed by atoms with Crippen molar-refractivity contribution in [1.82, 2.24) is 5.32 Å². The van der Waals surface area contributed by atoms with Gasteiger partial charge in [0.1, 0.15) is 5.82 Å². The maximum atomic E-state index is 13.7. The third-order valence-electron chi connectivity index (χ3n) is 2.76. The number of benzene rings is 2. The second-order valence-corrected chi connectivity index (χ2v) is 7.01. The van der Waals surface area contributed by atoms with Gasteiger partial charge < -0.3 is 5.32 Å². The van der Waals surface area contributed by atoms with Crippen molar-refractivity contribution >= 4 is 31.6 Å². The molecule has 0 aliphatic rings. The van der Waals surface area contributed by atoms with Crippen molar-refractivity contribution in [1.29, 1.82) is 0 Å². The van der Waals surface area contributed by atoms with Gasteiger partial charge in [-0.1, -0.05) is 28.1 Å². The predicted octanol–water partition coefficient (Wildman–Crippen LogP) is 3.11. The summed E-state index contributed by atoms with van der Waals surface area (Å²) >= 11 is 3.18. The Bertz CT molecular complexity index is 750. The molecule has 21 heavy (non-hydrogen) atoms. The molecular weight excluding hydrogens is 359 g/mol. The molecule has 0 spiro atoms. The van der Waals surface area contributed by atoms with Crippen LogP contribution in [0.5, 0.6) is 0 Å². The van der Waals surface area contributed by atoms with Gasteiger partial charge in [-0.2, -0.15) is 0 Å². The van der Waals surface area contributed by atoms with Gasteiger partial charge in [0.25, 0.3) is 10.0 Å². The smallest absolute Gasteiger partial charge is 0.261 e. The van der Waals surface area contributed by atoms with Crippen molar-refractivity contribution < 1.29 is 12.8 Å². The van der Waals surface area contributed by atoms with E-state index in [0.717, 1.165) is 5.56 Å². The van der Waals surface area contributed by atoms with Gasteiger partial charge in [-0.3, -0.25) is 4.72 Å². The molecule has 0 saturated carbocycles. The van der Waals surface area contributed by atoms with Crippen LogP contribution < -0.4 is 10.0 Å². The molecule has 0 aliphatic carbocycles. The van der Waals surface area contributed by atoms with Crippen LogP contribution in [0.2, 0.25) is 0 Å². The van der Waals surface area contributed by atoms with E-state index in [9.17, 15) is 12.8 Å². The Morgan fingerprint density at radius 2 is 1.95 bits per heavy atom. The maximum Gasteiger partial charge on any atom is 0.261 e. The Balaban J connectivity index is 2.34. The molecule has 2 aromatic carbocycles. The summed E-state index contributed by atoms with van der Waals surface area (Å²) in [5, 5.41) is 2.95. The second-order valence-electron chi connectivity index (χ2n) is 4.41. The van der Waals surface area contributed by atoms with Crippen LogP contribution in [-0.4, -0.2) is 15.5 Å². The first-order valence-corrected chi connectivity index (χ1v) is 8.41. The largest absolute Gasteiger partial charge is 0.316 e. The number of rotatable bonds is 5. The average molecular weight is 373 g/mol. The summed E-state index contributed by atoms with van der Waals surface area (Å²) in [5.74, 6) is -0.631. The van der Waals surface area contributed by atoms with Gasteiger partial charge in [-0.25, -0.2) is 12.8 Å². The van der Waals surface area contributed by atoms with Crippen LogP contribution in [0, 0.1) is 5.82 Å². The van der Waals surface area contributed by atoms with Gasteiger partial charge in [0.15, 0.2) is 0 Å². The van der Waals surface area contributed by atoms with Crippen LogP contribution in [0.15, 0.2) is 51.8 Å². The number of hydrogen-bond donors (Lipinski definition) is 2. The molecule has 0 amide bonds. The average Bonchev–Trinajstić information content (AvgIpc) is 2.43. The van der Waals surface area contributed by atoms with Gasteiger partial charge in [-0.15, -0.1) is 0 Å². The Morgan fingerprint density at radius 3 is 2.67 bits per heavy atom. The van der Waals surface area contributed by atoms with E-state index in [1.807, 2.05) is 6.07 Å². The second kappa shape index (κ2) is 6.55. The van der Waals surface area contributed by atoms with E-state index in [1.165, 1.54) is 24.3 Å². The standard InChI is InChI=1S/C14H14BrFN2O2S/c1-17-9-10-3-2-4-12(7-10)21(19,20)18-14-8-11(15)5-6-13(14)16/h2-8,17-18H,9H2,1H3. The molecule has 4 nitrogen and oxygen atoms in total. The molecule has 112 valence electrons. The predicted molar refractivity (Wildman–Crippen MR) is 84.1 cm³/mol. The van der Waals surface area contributed by atoms with Crippen molar-refractivity contribution in [3.63, 3.8) is 0 Å². The van der Waals surface area contributed by atoms with Crippen LogP contribution in [-0.2, 0) is 16.6 Å². The molecule has 0 aliphatic heterocycles. The van der Waals surface area contributed by atoms with Gasteiger partial charge >= 0.3 is 0 Å². The van der Waals surface area contributed by atoms with E-state index >= 15 is 0 Å². The normalized spacial score (nSPS) is 11.4. The lowest BCUT2D eigenvalue weighted by atomic mass is 10.2. The van der Waals surface area contributed by atoms with Crippen molar-refractivity contribution in [3.8, 4) is 0 Å². The highest BCUT2D eigenvalue weighted by atomic mass is 79.9. The first-order chi connectivity index (χ1) is 9.92. The molecule has 2 aromatic rings. The van der Waals surface area contributed by atoms with Crippen molar-refractivity contribution in [3.05, 3.63) is 58.3 Å². The lowest BCUT2D eigenvalue weighted by molar-refractivity contribution is 0.598. The summed E-state index contributed by atoms with van der Waals surface area (Å²) in [4.78, 5) is 0.0922. The van der Waals surface area contributed by atoms with Crippen molar-refractivity contribution in [2.24, 2.45) is 0 Å². The number of halogens is 2. The van der Waals surface area contributed by atoms with Crippen LogP contribution in [0.1, 0.15) is 5.56 Å². The Morgan fingerprint density at radius 1 is 1.19 bits per heavy atom. The van der Waals surface area contributed by atoms with E-state index in [2.05, 4.69) is 26.0 Å². The van der Waals surface area contributed by atoms with Gasteiger partial charge in [0.05, 0.1) is 10.6 Å². The summed E-state index contributed by atoms with van der Waals surface area (Å²) < 4.78 is 41.1. The summed E-state index contributed by atoms with van der Waals surface area (Å²) in [6.45, 7) is 0.550. The molecule has 2 N–H and O–H groups in total. The van der Waals surface area contributed by atoms with E-state index in [-0.39, 0.29) is 10.6 Å². The first kappa shape index (κ1) is 15.9. The van der Waals surface area contributed by atoms with E-state index < -0.39 is 15.8 Å². The zero-order valence-corrected chi connectivity index (χ0v) is 13.6. The van der Waals surface area contributed by atoms with Gasteiger partial charge in [0.2, 0.25) is 0 Å². The maximum absolute atomic E-state index is 13.7. The topological polar surface area (TPSA) is 58.2 Å². The highest BCUT2D eigenvalue weighted by molar-refractivity contribution is 9.10. The minimum absolute atomic E-state index is 0.0922. The zero-order chi connectivity index (χ0) is 15.5. The SMILES string of the molecule is CNCc1cccc(S(=O)(=O)Nc2cc(Br)ccc2F)c1. The first-order valence-electron chi connectivity index (χ1n) is 6.14. The molecule has 7 heteroatoms.